The molecule has 0 aliphatic carbocycles. The Morgan fingerprint density at radius 3 is 1.45 bits per heavy atom. The molecule has 7 heteroatoms. The summed E-state index contributed by atoms with van der Waals surface area (Å²) < 4.78 is 17.0. The molecule has 0 spiro atoms. The van der Waals surface area contributed by atoms with Gasteiger partial charge in [0.25, 0.3) is 11.8 Å². The quantitative estimate of drug-likeness (QED) is 0.245. The number of amides is 2. The first-order valence-corrected chi connectivity index (χ1v) is 13.0. The smallest absolute Gasteiger partial charge is 0.251 e. The van der Waals surface area contributed by atoms with E-state index in [1.54, 1.807) is 57.7 Å². The van der Waals surface area contributed by atoms with Gasteiger partial charge in [0.15, 0.2) is 0 Å². The van der Waals surface area contributed by atoms with Gasteiger partial charge in [0.2, 0.25) is 0 Å². The molecular formula is C33H34N2O5. The molecule has 2 amide bonds. The van der Waals surface area contributed by atoms with Crippen molar-refractivity contribution >= 4 is 11.8 Å². The fraction of sp³-hybridized carbons (Fsp3) is 0.212. The van der Waals surface area contributed by atoms with E-state index < -0.39 is 12.1 Å². The first-order valence-electron chi connectivity index (χ1n) is 13.0. The zero-order valence-corrected chi connectivity index (χ0v) is 23.1. The second kappa shape index (κ2) is 13.3. The van der Waals surface area contributed by atoms with E-state index in [0.717, 1.165) is 5.56 Å². The van der Waals surface area contributed by atoms with E-state index in [1.165, 1.54) is 0 Å². The third-order valence-corrected chi connectivity index (χ3v) is 6.92. The zero-order chi connectivity index (χ0) is 28.5. The van der Waals surface area contributed by atoms with E-state index in [9.17, 15) is 9.59 Å². The lowest BCUT2D eigenvalue weighted by Crippen LogP contribution is -2.41. The highest BCUT2D eigenvalue weighted by molar-refractivity contribution is 5.95. The average Bonchev–Trinajstić information content (AvgIpc) is 3.02. The van der Waals surface area contributed by atoms with Gasteiger partial charge < -0.3 is 24.8 Å². The molecule has 0 aliphatic heterocycles. The molecular weight excluding hydrogens is 504 g/mol. The highest BCUT2D eigenvalue weighted by atomic mass is 16.5. The van der Waals surface area contributed by atoms with E-state index in [4.69, 9.17) is 14.2 Å². The minimum atomic E-state index is -0.634. The van der Waals surface area contributed by atoms with Crippen LogP contribution in [0.4, 0.5) is 0 Å². The Bertz CT molecular complexity index is 1390. The topological polar surface area (TPSA) is 85.9 Å². The van der Waals surface area contributed by atoms with Crippen LogP contribution in [0.15, 0.2) is 103 Å². The van der Waals surface area contributed by atoms with Gasteiger partial charge in [0.1, 0.15) is 17.2 Å². The predicted molar refractivity (Wildman–Crippen MR) is 155 cm³/mol. The van der Waals surface area contributed by atoms with Crippen molar-refractivity contribution in [2.45, 2.75) is 19.0 Å². The number of ether oxygens (including phenoxy) is 3. The van der Waals surface area contributed by atoms with Crippen LogP contribution >= 0.6 is 0 Å². The number of carbonyl (C=O) groups excluding carboxylic acids is 2. The van der Waals surface area contributed by atoms with Crippen molar-refractivity contribution in [3.63, 3.8) is 0 Å². The van der Waals surface area contributed by atoms with Gasteiger partial charge in [-0.1, -0.05) is 73.7 Å². The van der Waals surface area contributed by atoms with Gasteiger partial charge in [-0.15, -0.1) is 0 Å². The summed E-state index contributed by atoms with van der Waals surface area (Å²) in [5, 5.41) is 6.42. The molecule has 2 N–H and O–H groups in total. The summed E-state index contributed by atoms with van der Waals surface area (Å²) >= 11 is 0. The van der Waals surface area contributed by atoms with Crippen LogP contribution in [0.5, 0.6) is 17.2 Å². The van der Waals surface area contributed by atoms with Crippen LogP contribution in [0.25, 0.3) is 0 Å². The lowest BCUT2D eigenvalue weighted by Gasteiger charge is -2.34. The van der Waals surface area contributed by atoms with Gasteiger partial charge in [-0.05, 0) is 29.8 Å². The molecule has 40 heavy (non-hydrogen) atoms. The molecule has 4 aromatic carbocycles. The van der Waals surface area contributed by atoms with Crippen molar-refractivity contribution in [3.8, 4) is 17.2 Å². The zero-order valence-electron chi connectivity index (χ0n) is 23.1. The maximum absolute atomic E-state index is 13.6. The fourth-order valence-corrected chi connectivity index (χ4v) is 4.81. The number of methoxy groups -OCH3 is 3. The maximum atomic E-state index is 13.6. The summed E-state index contributed by atoms with van der Waals surface area (Å²) in [6.45, 7) is 1.99. The first-order chi connectivity index (χ1) is 19.5. The van der Waals surface area contributed by atoms with Gasteiger partial charge >= 0.3 is 0 Å². The molecule has 3 atom stereocenters. The number of hydrogen-bond acceptors (Lipinski definition) is 5. The Hall–Kier alpha value is -4.78. The lowest BCUT2D eigenvalue weighted by atomic mass is 9.83. The van der Waals surface area contributed by atoms with Crippen LogP contribution in [0, 0.1) is 5.92 Å². The van der Waals surface area contributed by atoms with Crippen LogP contribution in [0.1, 0.15) is 50.9 Å². The Kier molecular flexibility index (Phi) is 9.41. The summed E-state index contributed by atoms with van der Waals surface area (Å²) in [6, 6.07) is 30.2. The Morgan fingerprint density at radius 1 is 0.600 bits per heavy atom. The Balaban J connectivity index is 1.83. The molecule has 206 valence electrons. The summed E-state index contributed by atoms with van der Waals surface area (Å²) in [7, 11) is 4.68. The molecule has 0 unspecified atom stereocenters. The SMILES string of the molecule is COc1cc(OC)c([C@@H](NC(=O)c2ccccc2)[C@@H](C)[C@@H](NC(=O)c2ccccc2)c2ccccc2)c(OC)c1. The number of hydrogen-bond donors (Lipinski definition) is 2. The van der Waals surface area contributed by atoms with E-state index in [-0.39, 0.29) is 17.7 Å². The average molecular weight is 539 g/mol. The van der Waals surface area contributed by atoms with Crippen LogP contribution in [-0.2, 0) is 0 Å². The minimum absolute atomic E-state index is 0.219. The molecule has 0 fully saturated rings. The molecule has 0 bridgehead atoms. The number of carbonyl (C=O) groups is 2. The molecule has 7 nitrogen and oxygen atoms in total. The van der Waals surface area contributed by atoms with Crippen LogP contribution in [-0.4, -0.2) is 33.1 Å². The molecule has 4 aromatic rings. The summed E-state index contributed by atoms with van der Waals surface area (Å²) in [6.07, 6.45) is 0. The monoisotopic (exact) mass is 538 g/mol. The van der Waals surface area contributed by atoms with Crippen molar-refractivity contribution in [2.75, 3.05) is 21.3 Å². The van der Waals surface area contributed by atoms with E-state index >= 15 is 0 Å². The van der Waals surface area contributed by atoms with Gasteiger partial charge in [-0.2, -0.15) is 0 Å². The highest BCUT2D eigenvalue weighted by Gasteiger charge is 2.35. The standard InChI is InChI=1S/C33H34N2O5/c1-22(30(23-14-8-5-9-15-23)34-32(36)24-16-10-6-11-17-24)31(35-33(37)25-18-12-7-13-19-25)29-27(39-3)20-26(38-2)21-28(29)40-4/h5-22,30-31H,1-4H3,(H,34,36)(H,35,37)/t22-,30+,31-/m0/s1. The largest absolute Gasteiger partial charge is 0.496 e. The molecule has 0 saturated carbocycles. The molecule has 0 aromatic heterocycles. The van der Waals surface area contributed by atoms with Crippen molar-refractivity contribution in [1.29, 1.82) is 0 Å². The maximum Gasteiger partial charge on any atom is 0.251 e. The van der Waals surface area contributed by atoms with Gasteiger partial charge in [-0.3, -0.25) is 9.59 Å². The lowest BCUT2D eigenvalue weighted by molar-refractivity contribution is 0.0890. The van der Waals surface area contributed by atoms with Crippen molar-refractivity contribution in [3.05, 3.63) is 125 Å². The predicted octanol–water partition coefficient (Wildman–Crippen LogP) is 5.99. The molecule has 4 rings (SSSR count). The van der Waals surface area contributed by atoms with Gasteiger partial charge in [0, 0.05) is 29.2 Å². The second-order valence-corrected chi connectivity index (χ2v) is 9.35. The van der Waals surface area contributed by atoms with Crippen LogP contribution in [0.3, 0.4) is 0 Å². The van der Waals surface area contributed by atoms with Crippen LogP contribution in [0.2, 0.25) is 0 Å². The van der Waals surface area contributed by atoms with E-state index in [2.05, 4.69) is 10.6 Å². The van der Waals surface area contributed by atoms with Crippen molar-refractivity contribution in [1.82, 2.24) is 10.6 Å². The first kappa shape index (κ1) is 28.2. The fourth-order valence-electron chi connectivity index (χ4n) is 4.81. The number of benzene rings is 4. The molecule has 0 aliphatic rings. The summed E-state index contributed by atoms with van der Waals surface area (Å²) in [4.78, 5) is 27.0. The van der Waals surface area contributed by atoms with E-state index in [1.807, 2.05) is 73.7 Å². The number of rotatable bonds is 11. The highest BCUT2D eigenvalue weighted by Crippen LogP contribution is 2.44. The van der Waals surface area contributed by atoms with Crippen molar-refractivity contribution in [2.24, 2.45) is 5.92 Å². The molecule has 0 saturated heterocycles. The molecule has 0 heterocycles. The third-order valence-electron chi connectivity index (χ3n) is 6.92. The Morgan fingerprint density at radius 2 is 1.02 bits per heavy atom. The third kappa shape index (κ3) is 6.43. The molecule has 0 radical (unpaired) electrons. The van der Waals surface area contributed by atoms with E-state index in [0.29, 0.717) is 33.9 Å². The van der Waals surface area contributed by atoms with Crippen molar-refractivity contribution < 1.29 is 23.8 Å². The summed E-state index contributed by atoms with van der Waals surface area (Å²) in [5.41, 5.74) is 2.58. The minimum Gasteiger partial charge on any atom is -0.496 e. The summed E-state index contributed by atoms with van der Waals surface area (Å²) in [5.74, 6) is 0.682. The van der Waals surface area contributed by atoms with Crippen LogP contribution < -0.4 is 24.8 Å². The Labute approximate surface area is 235 Å². The van der Waals surface area contributed by atoms with Gasteiger partial charge in [0.05, 0.1) is 39.0 Å². The number of nitrogens with one attached hydrogen (secondary N) is 2. The second-order valence-electron chi connectivity index (χ2n) is 9.35. The van der Waals surface area contributed by atoms with Gasteiger partial charge in [-0.25, -0.2) is 0 Å². The normalized spacial score (nSPS) is 12.9.